The van der Waals surface area contributed by atoms with E-state index >= 15 is 0 Å². The zero-order valence-corrected chi connectivity index (χ0v) is 12.4. The first-order valence-corrected chi connectivity index (χ1v) is 6.96. The molecule has 1 aromatic carbocycles. The third-order valence-corrected chi connectivity index (χ3v) is 3.26. The molecule has 0 heterocycles. The van der Waals surface area contributed by atoms with Crippen molar-refractivity contribution in [2.75, 3.05) is 7.11 Å². The molecule has 110 valence electrons. The molecule has 1 rings (SSSR count). The molecule has 0 radical (unpaired) electrons. The van der Waals surface area contributed by atoms with Gasteiger partial charge in [0, 0.05) is 12.5 Å². The van der Waals surface area contributed by atoms with Crippen LogP contribution in [0.5, 0.6) is 0 Å². The van der Waals surface area contributed by atoms with E-state index in [0.29, 0.717) is 19.3 Å². The molecule has 0 aliphatic heterocycles. The van der Waals surface area contributed by atoms with Gasteiger partial charge in [-0.1, -0.05) is 36.8 Å². The average Bonchev–Trinajstić information content (AvgIpc) is 2.45. The molecule has 4 heteroatoms. The van der Waals surface area contributed by atoms with Crippen LogP contribution >= 0.6 is 0 Å². The molecule has 1 amide bonds. The van der Waals surface area contributed by atoms with Crippen molar-refractivity contribution in [1.29, 1.82) is 0 Å². The molecule has 4 nitrogen and oxygen atoms in total. The molecular formula is C16H23NO3. The van der Waals surface area contributed by atoms with Crippen LogP contribution in [0.4, 0.5) is 0 Å². The van der Waals surface area contributed by atoms with Gasteiger partial charge in [0.1, 0.15) is 0 Å². The SMILES string of the molecule is CCC(CC(=O)OC)NC(=O)CCc1ccc(C)cc1. The molecule has 0 bridgehead atoms. The molecule has 0 aliphatic carbocycles. The molecule has 0 fully saturated rings. The lowest BCUT2D eigenvalue weighted by molar-refractivity contribution is -0.141. The van der Waals surface area contributed by atoms with E-state index in [2.05, 4.69) is 10.1 Å². The minimum Gasteiger partial charge on any atom is -0.469 e. The Labute approximate surface area is 120 Å². The van der Waals surface area contributed by atoms with E-state index in [1.54, 1.807) is 0 Å². The average molecular weight is 277 g/mol. The van der Waals surface area contributed by atoms with Gasteiger partial charge >= 0.3 is 5.97 Å². The van der Waals surface area contributed by atoms with E-state index in [0.717, 1.165) is 5.56 Å². The number of esters is 1. The Hall–Kier alpha value is -1.84. The molecule has 20 heavy (non-hydrogen) atoms. The van der Waals surface area contributed by atoms with Gasteiger partial charge in [-0.15, -0.1) is 0 Å². The maximum absolute atomic E-state index is 11.9. The second-order valence-corrected chi connectivity index (χ2v) is 4.94. The quantitative estimate of drug-likeness (QED) is 0.779. The van der Waals surface area contributed by atoms with Crippen molar-refractivity contribution in [3.63, 3.8) is 0 Å². The highest BCUT2D eigenvalue weighted by Gasteiger charge is 2.14. The molecule has 0 spiro atoms. The van der Waals surface area contributed by atoms with Gasteiger partial charge in [0.05, 0.1) is 13.5 Å². The molecule has 1 N–H and O–H groups in total. The van der Waals surface area contributed by atoms with Crippen molar-refractivity contribution in [3.05, 3.63) is 35.4 Å². The van der Waals surface area contributed by atoms with Gasteiger partial charge in [-0.05, 0) is 25.3 Å². The number of nitrogens with one attached hydrogen (secondary N) is 1. The van der Waals surface area contributed by atoms with Gasteiger partial charge in [-0.25, -0.2) is 0 Å². The summed E-state index contributed by atoms with van der Waals surface area (Å²) in [6.07, 6.45) is 2.08. The first-order chi connectivity index (χ1) is 9.55. The summed E-state index contributed by atoms with van der Waals surface area (Å²) in [4.78, 5) is 23.1. The summed E-state index contributed by atoms with van der Waals surface area (Å²) < 4.78 is 4.61. The normalized spacial score (nSPS) is 11.8. The Morgan fingerprint density at radius 1 is 1.25 bits per heavy atom. The summed E-state index contributed by atoms with van der Waals surface area (Å²) in [5.74, 6) is -0.322. The zero-order valence-electron chi connectivity index (χ0n) is 12.4. The summed E-state index contributed by atoms with van der Waals surface area (Å²) in [6, 6.07) is 8.01. The molecule has 1 unspecified atom stereocenters. The lowest BCUT2D eigenvalue weighted by atomic mass is 10.1. The lowest BCUT2D eigenvalue weighted by Gasteiger charge is -2.15. The minimum atomic E-state index is -0.296. The van der Waals surface area contributed by atoms with E-state index in [1.165, 1.54) is 12.7 Å². The summed E-state index contributed by atoms with van der Waals surface area (Å²) in [7, 11) is 1.36. The van der Waals surface area contributed by atoms with Gasteiger partial charge in [0.25, 0.3) is 0 Å². The van der Waals surface area contributed by atoms with Crippen LogP contribution < -0.4 is 5.32 Å². The van der Waals surface area contributed by atoms with Crippen molar-refractivity contribution in [3.8, 4) is 0 Å². The summed E-state index contributed by atoms with van der Waals surface area (Å²) >= 11 is 0. The highest BCUT2D eigenvalue weighted by molar-refractivity contribution is 5.77. The lowest BCUT2D eigenvalue weighted by Crippen LogP contribution is -2.36. The maximum Gasteiger partial charge on any atom is 0.307 e. The van der Waals surface area contributed by atoms with E-state index in [4.69, 9.17) is 0 Å². The van der Waals surface area contributed by atoms with E-state index in [9.17, 15) is 9.59 Å². The van der Waals surface area contributed by atoms with Crippen molar-refractivity contribution in [2.45, 2.75) is 45.6 Å². The van der Waals surface area contributed by atoms with Crippen molar-refractivity contribution in [1.82, 2.24) is 5.32 Å². The Bertz CT molecular complexity index is 440. The van der Waals surface area contributed by atoms with Crippen LogP contribution in [0.15, 0.2) is 24.3 Å². The highest BCUT2D eigenvalue weighted by atomic mass is 16.5. The third-order valence-electron chi connectivity index (χ3n) is 3.26. The number of carbonyl (C=O) groups is 2. The van der Waals surface area contributed by atoms with Crippen molar-refractivity contribution >= 4 is 11.9 Å². The predicted octanol–water partition coefficient (Wildman–Crippen LogP) is 2.39. The van der Waals surface area contributed by atoms with E-state index < -0.39 is 0 Å². The highest BCUT2D eigenvalue weighted by Crippen LogP contribution is 2.06. The fraction of sp³-hybridized carbons (Fsp3) is 0.500. The minimum absolute atomic E-state index is 0.0265. The first kappa shape index (κ1) is 16.2. The molecule has 1 aromatic rings. The third kappa shape index (κ3) is 5.87. The van der Waals surface area contributed by atoms with Crippen molar-refractivity contribution in [2.24, 2.45) is 0 Å². The standard InChI is InChI=1S/C16H23NO3/c1-4-14(11-16(19)20-3)17-15(18)10-9-13-7-5-12(2)6-8-13/h5-8,14H,4,9-11H2,1-3H3,(H,17,18). The van der Waals surface area contributed by atoms with Gasteiger partial charge < -0.3 is 10.1 Å². The molecule has 0 saturated carbocycles. The van der Waals surface area contributed by atoms with Crippen LogP contribution in [0.2, 0.25) is 0 Å². The fourth-order valence-electron chi connectivity index (χ4n) is 1.89. The molecular weight excluding hydrogens is 254 g/mol. The zero-order chi connectivity index (χ0) is 15.0. The Kier molecular flexibility index (Phi) is 6.77. The van der Waals surface area contributed by atoms with E-state index in [-0.39, 0.29) is 24.3 Å². The van der Waals surface area contributed by atoms with Gasteiger partial charge in [0.2, 0.25) is 5.91 Å². The van der Waals surface area contributed by atoms with Gasteiger partial charge in [0.15, 0.2) is 0 Å². The Morgan fingerprint density at radius 2 is 1.90 bits per heavy atom. The Morgan fingerprint density at radius 3 is 2.45 bits per heavy atom. The summed E-state index contributed by atoms with van der Waals surface area (Å²) in [6.45, 7) is 3.98. The number of aryl methyl sites for hydroxylation is 2. The fourth-order valence-corrected chi connectivity index (χ4v) is 1.89. The van der Waals surface area contributed by atoms with E-state index in [1.807, 2.05) is 38.1 Å². The largest absolute Gasteiger partial charge is 0.469 e. The summed E-state index contributed by atoms with van der Waals surface area (Å²) in [5, 5.41) is 2.87. The van der Waals surface area contributed by atoms with Gasteiger partial charge in [-0.2, -0.15) is 0 Å². The summed E-state index contributed by atoms with van der Waals surface area (Å²) in [5.41, 5.74) is 2.36. The molecule has 0 aromatic heterocycles. The Balaban J connectivity index is 2.38. The van der Waals surface area contributed by atoms with Crippen LogP contribution in [0, 0.1) is 6.92 Å². The van der Waals surface area contributed by atoms with Crippen molar-refractivity contribution < 1.29 is 14.3 Å². The number of amides is 1. The molecule has 1 atom stereocenters. The monoisotopic (exact) mass is 277 g/mol. The number of ether oxygens (including phenoxy) is 1. The number of rotatable bonds is 7. The smallest absolute Gasteiger partial charge is 0.307 e. The number of hydrogen-bond acceptors (Lipinski definition) is 3. The van der Waals surface area contributed by atoms with Crippen LogP contribution in [0.1, 0.15) is 37.3 Å². The second kappa shape index (κ2) is 8.35. The molecule has 0 aliphatic rings. The molecule has 0 saturated heterocycles. The van der Waals surface area contributed by atoms with Gasteiger partial charge in [-0.3, -0.25) is 9.59 Å². The van der Waals surface area contributed by atoms with Crippen LogP contribution in [0.25, 0.3) is 0 Å². The number of methoxy groups -OCH3 is 1. The number of carbonyl (C=O) groups excluding carboxylic acids is 2. The first-order valence-electron chi connectivity index (χ1n) is 6.96. The number of benzene rings is 1. The predicted molar refractivity (Wildman–Crippen MR) is 78.4 cm³/mol. The maximum atomic E-state index is 11.9. The number of hydrogen-bond donors (Lipinski definition) is 1. The van der Waals surface area contributed by atoms with Crippen LogP contribution in [-0.4, -0.2) is 25.0 Å². The van der Waals surface area contributed by atoms with Crippen LogP contribution in [0.3, 0.4) is 0 Å². The topological polar surface area (TPSA) is 55.4 Å². The van der Waals surface area contributed by atoms with Crippen LogP contribution in [-0.2, 0) is 20.7 Å². The second-order valence-electron chi connectivity index (χ2n) is 4.94.